The van der Waals surface area contributed by atoms with Crippen LogP contribution in [0.5, 0.6) is 0 Å². The van der Waals surface area contributed by atoms with Crippen LogP contribution in [0, 0.1) is 0 Å². The van der Waals surface area contributed by atoms with Crippen LogP contribution in [-0.4, -0.2) is 23.0 Å². The highest BCUT2D eigenvalue weighted by Gasteiger charge is 2.17. The number of amides is 2. The zero-order valence-electron chi connectivity index (χ0n) is 13.6. The van der Waals surface area contributed by atoms with Gasteiger partial charge in [0.25, 0.3) is 0 Å². The van der Waals surface area contributed by atoms with Gasteiger partial charge in [0.2, 0.25) is 0 Å². The van der Waals surface area contributed by atoms with E-state index in [1.165, 1.54) is 0 Å². The lowest BCUT2D eigenvalue weighted by molar-refractivity contribution is 0.199. The molecule has 0 radical (unpaired) electrons. The molecule has 2 heterocycles. The van der Waals surface area contributed by atoms with Crippen LogP contribution in [0.3, 0.4) is 0 Å². The third-order valence-corrected chi connectivity index (χ3v) is 4.65. The summed E-state index contributed by atoms with van der Waals surface area (Å²) in [6.45, 7) is 2.37. The molecule has 0 unspecified atom stereocenters. The molecule has 0 fully saturated rings. The molecule has 6 heteroatoms. The van der Waals surface area contributed by atoms with Gasteiger partial charge in [0.1, 0.15) is 10.8 Å². The number of carbonyl (C=O) groups excluding carboxylic acids is 1. The molecule has 5 nitrogen and oxygen atoms in total. The minimum absolute atomic E-state index is 0.154. The van der Waals surface area contributed by atoms with Gasteiger partial charge in [-0.15, -0.1) is 11.3 Å². The number of benzene rings is 1. The van der Waals surface area contributed by atoms with E-state index in [4.69, 9.17) is 4.42 Å². The summed E-state index contributed by atoms with van der Waals surface area (Å²) in [5.41, 5.74) is 2.01. The topological polar surface area (TPSA) is 58.4 Å². The molecule has 2 amide bonds. The Morgan fingerprint density at radius 1 is 1.29 bits per heavy atom. The minimum Gasteiger partial charge on any atom is -0.467 e. The predicted molar refractivity (Wildman–Crippen MR) is 94.7 cm³/mol. The van der Waals surface area contributed by atoms with Gasteiger partial charge >= 0.3 is 6.03 Å². The van der Waals surface area contributed by atoms with Crippen LogP contribution in [0.4, 0.5) is 4.79 Å². The maximum absolute atomic E-state index is 12.3. The van der Waals surface area contributed by atoms with Crippen molar-refractivity contribution in [3.8, 4) is 11.3 Å². The Morgan fingerprint density at radius 3 is 2.79 bits per heavy atom. The van der Waals surface area contributed by atoms with Crippen LogP contribution >= 0.6 is 11.3 Å². The zero-order valence-corrected chi connectivity index (χ0v) is 14.4. The van der Waals surface area contributed by atoms with E-state index in [-0.39, 0.29) is 12.1 Å². The summed E-state index contributed by atoms with van der Waals surface area (Å²) in [6, 6.07) is 13.4. The van der Waals surface area contributed by atoms with Crippen molar-refractivity contribution in [2.24, 2.45) is 0 Å². The minimum atomic E-state index is -0.157. The maximum atomic E-state index is 12.3. The Hall–Kier alpha value is -2.60. The van der Waals surface area contributed by atoms with Gasteiger partial charge in [-0.25, -0.2) is 9.78 Å². The maximum Gasteiger partial charge on any atom is 0.318 e. The summed E-state index contributed by atoms with van der Waals surface area (Å²) >= 11 is 1.55. The third kappa shape index (κ3) is 3.83. The van der Waals surface area contributed by atoms with Crippen molar-refractivity contribution in [3.05, 3.63) is 64.9 Å². The highest BCUT2D eigenvalue weighted by Crippen LogP contribution is 2.25. The standard InChI is InChI=1S/C18H19N3O2S/c1-13(19-18(22)21(2)11-15-9-6-10-23-15)17-20-16(12-24-17)14-7-4-3-5-8-14/h3-10,12-13H,11H2,1-2H3,(H,19,22)/t13-/m0/s1. The highest BCUT2D eigenvalue weighted by atomic mass is 32.1. The largest absolute Gasteiger partial charge is 0.467 e. The highest BCUT2D eigenvalue weighted by molar-refractivity contribution is 7.10. The second-order valence-electron chi connectivity index (χ2n) is 5.54. The molecule has 1 aromatic carbocycles. The van der Waals surface area contributed by atoms with Crippen molar-refractivity contribution >= 4 is 17.4 Å². The average molecular weight is 341 g/mol. The van der Waals surface area contributed by atoms with Gasteiger partial charge in [0, 0.05) is 18.0 Å². The molecule has 0 aliphatic heterocycles. The smallest absolute Gasteiger partial charge is 0.318 e. The lowest BCUT2D eigenvalue weighted by atomic mass is 10.2. The van der Waals surface area contributed by atoms with Gasteiger partial charge in [0.15, 0.2) is 0 Å². The van der Waals surface area contributed by atoms with Gasteiger partial charge in [0.05, 0.1) is 24.5 Å². The lowest BCUT2D eigenvalue weighted by Gasteiger charge is -2.19. The summed E-state index contributed by atoms with van der Waals surface area (Å²) in [5.74, 6) is 0.751. The van der Waals surface area contributed by atoms with Crippen LogP contribution in [0.15, 0.2) is 58.5 Å². The van der Waals surface area contributed by atoms with E-state index in [0.29, 0.717) is 6.54 Å². The van der Waals surface area contributed by atoms with Crippen molar-refractivity contribution in [2.45, 2.75) is 19.5 Å². The quantitative estimate of drug-likeness (QED) is 0.752. The molecule has 3 aromatic rings. The number of urea groups is 1. The van der Waals surface area contributed by atoms with Crippen LogP contribution in [-0.2, 0) is 6.54 Å². The second-order valence-corrected chi connectivity index (χ2v) is 6.43. The summed E-state index contributed by atoms with van der Waals surface area (Å²) < 4.78 is 5.26. The van der Waals surface area contributed by atoms with Gasteiger partial charge in [-0.3, -0.25) is 0 Å². The molecule has 0 aliphatic rings. The summed E-state index contributed by atoms with van der Waals surface area (Å²) in [4.78, 5) is 18.5. The molecule has 24 heavy (non-hydrogen) atoms. The van der Waals surface area contributed by atoms with E-state index >= 15 is 0 Å². The lowest BCUT2D eigenvalue weighted by Crippen LogP contribution is -2.38. The zero-order chi connectivity index (χ0) is 16.9. The number of hydrogen-bond acceptors (Lipinski definition) is 4. The number of aromatic nitrogens is 1. The first-order valence-electron chi connectivity index (χ1n) is 7.68. The number of thiazole rings is 1. The molecule has 1 atom stereocenters. The fourth-order valence-corrected chi connectivity index (χ4v) is 3.13. The van der Waals surface area contributed by atoms with E-state index in [0.717, 1.165) is 22.0 Å². The first-order valence-corrected chi connectivity index (χ1v) is 8.56. The molecule has 3 rings (SSSR count). The number of rotatable bonds is 5. The normalized spacial score (nSPS) is 11.9. The number of nitrogens with zero attached hydrogens (tertiary/aromatic N) is 2. The Labute approximate surface area is 144 Å². The van der Waals surface area contributed by atoms with Crippen LogP contribution in [0.1, 0.15) is 23.7 Å². The molecular formula is C18H19N3O2S. The first-order chi connectivity index (χ1) is 11.6. The van der Waals surface area contributed by atoms with Gasteiger partial charge in [-0.1, -0.05) is 30.3 Å². The van der Waals surface area contributed by atoms with E-state index < -0.39 is 0 Å². The third-order valence-electron chi connectivity index (χ3n) is 3.62. The molecule has 2 aromatic heterocycles. The molecule has 124 valence electrons. The molecule has 1 N–H and O–H groups in total. The fourth-order valence-electron chi connectivity index (χ4n) is 2.29. The number of nitrogens with one attached hydrogen (secondary N) is 1. The SMILES string of the molecule is C[C@H](NC(=O)N(C)Cc1ccco1)c1nc(-c2ccccc2)cs1. The van der Waals surface area contributed by atoms with E-state index in [2.05, 4.69) is 10.3 Å². The van der Waals surface area contributed by atoms with Crippen molar-refractivity contribution in [1.29, 1.82) is 0 Å². The Kier molecular flexibility index (Phi) is 4.96. The summed E-state index contributed by atoms with van der Waals surface area (Å²) in [7, 11) is 1.74. The molecule has 0 spiro atoms. The first kappa shape index (κ1) is 16.3. The van der Waals surface area contributed by atoms with E-state index in [9.17, 15) is 4.79 Å². The molecular weight excluding hydrogens is 322 g/mol. The Balaban J connectivity index is 1.61. The Morgan fingerprint density at radius 2 is 2.08 bits per heavy atom. The van der Waals surface area contributed by atoms with Crippen molar-refractivity contribution < 1.29 is 9.21 Å². The van der Waals surface area contributed by atoms with E-state index in [1.807, 2.05) is 54.8 Å². The van der Waals surface area contributed by atoms with Crippen LogP contribution in [0.2, 0.25) is 0 Å². The number of hydrogen-bond donors (Lipinski definition) is 1. The van der Waals surface area contributed by atoms with Crippen molar-refractivity contribution in [3.63, 3.8) is 0 Å². The van der Waals surface area contributed by atoms with E-state index in [1.54, 1.807) is 29.5 Å². The van der Waals surface area contributed by atoms with Crippen molar-refractivity contribution in [2.75, 3.05) is 7.05 Å². The van der Waals surface area contributed by atoms with Crippen molar-refractivity contribution in [1.82, 2.24) is 15.2 Å². The Bertz CT molecular complexity index is 784. The number of furan rings is 1. The molecule has 0 bridgehead atoms. The fraction of sp³-hybridized carbons (Fsp3) is 0.222. The van der Waals surface area contributed by atoms with Crippen LogP contribution < -0.4 is 5.32 Å². The monoisotopic (exact) mass is 341 g/mol. The molecule has 0 aliphatic carbocycles. The van der Waals surface area contributed by atoms with Gasteiger partial charge in [-0.2, -0.15) is 0 Å². The second kappa shape index (κ2) is 7.31. The predicted octanol–water partition coefficient (Wildman–Crippen LogP) is 4.31. The molecule has 0 saturated carbocycles. The summed E-state index contributed by atoms with van der Waals surface area (Å²) in [5, 5.41) is 5.86. The number of carbonyl (C=O) groups is 1. The average Bonchev–Trinajstić information content (AvgIpc) is 3.27. The summed E-state index contributed by atoms with van der Waals surface area (Å²) in [6.07, 6.45) is 1.60. The van der Waals surface area contributed by atoms with Gasteiger partial charge < -0.3 is 14.6 Å². The molecule has 0 saturated heterocycles. The van der Waals surface area contributed by atoms with Crippen LogP contribution in [0.25, 0.3) is 11.3 Å². The van der Waals surface area contributed by atoms with Gasteiger partial charge in [-0.05, 0) is 19.1 Å².